The molecule has 3 aliphatic rings. The van der Waals surface area contributed by atoms with Crippen molar-refractivity contribution in [1.29, 1.82) is 0 Å². The molecule has 0 saturated carbocycles. The largest absolute Gasteiger partial charge is 0.375 e. The van der Waals surface area contributed by atoms with Gasteiger partial charge in [-0.3, -0.25) is 9.69 Å². The minimum atomic E-state index is -3.45. The van der Waals surface area contributed by atoms with Gasteiger partial charge >= 0.3 is 0 Å². The predicted molar refractivity (Wildman–Crippen MR) is 120 cm³/mol. The molecule has 3 saturated heterocycles. The molecule has 1 aromatic rings. The molecule has 0 bridgehead atoms. The van der Waals surface area contributed by atoms with Crippen molar-refractivity contribution in [2.24, 2.45) is 5.41 Å². The Balaban J connectivity index is 1.28. The van der Waals surface area contributed by atoms with Gasteiger partial charge in [-0.2, -0.15) is 4.31 Å². The number of carbonyl (C=O) groups is 1. The molecule has 31 heavy (non-hydrogen) atoms. The van der Waals surface area contributed by atoms with E-state index in [1.807, 2.05) is 0 Å². The number of piperidine rings is 2. The summed E-state index contributed by atoms with van der Waals surface area (Å²) in [6.45, 7) is 8.47. The number of rotatable bonds is 5. The van der Waals surface area contributed by atoms with Crippen LogP contribution in [0.2, 0.25) is 0 Å². The zero-order valence-electron chi connectivity index (χ0n) is 18.7. The molecule has 3 fully saturated rings. The molecule has 7 nitrogen and oxygen atoms in total. The molecule has 3 aliphatic heterocycles. The van der Waals surface area contributed by atoms with Crippen LogP contribution in [0.25, 0.3) is 0 Å². The Morgan fingerprint density at radius 1 is 1.03 bits per heavy atom. The van der Waals surface area contributed by atoms with Gasteiger partial charge in [-0.1, -0.05) is 6.42 Å². The first-order valence-electron chi connectivity index (χ1n) is 11.4. The van der Waals surface area contributed by atoms with Crippen LogP contribution in [0.1, 0.15) is 52.4 Å². The molecule has 0 aromatic heterocycles. The minimum Gasteiger partial charge on any atom is -0.375 e. The number of nitrogens with zero attached hydrogens (tertiary/aromatic N) is 2. The van der Waals surface area contributed by atoms with E-state index in [2.05, 4.69) is 24.1 Å². The van der Waals surface area contributed by atoms with Gasteiger partial charge in [0.1, 0.15) is 0 Å². The van der Waals surface area contributed by atoms with E-state index in [-0.39, 0.29) is 21.8 Å². The van der Waals surface area contributed by atoms with Crippen molar-refractivity contribution in [2.45, 2.75) is 62.9 Å². The highest BCUT2D eigenvalue weighted by Crippen LogP contribution is 2.46. The summed E-state index contributed by atoms with van der Waals surface area (Å²) in [7, 11) is -3.45. The van der Waals surface area contributed by atoms with Crippen LogP contribution in [-0.2, 0) is 19.6 Å². The Morgan fingerprint density at radius 2 is 1.68 bits per heavy atom. The molecule has 8 heteroatoms. The summed E-state index contributed by atoms with van der Waals surface area (Å²) in [4.78, 5) is 15.0. The van der Waals surface area contributed by atoms with Crippen molar-refractivity contribution >= 4 is 21.6 Å². The smallest absolute Gasteiger partial charge is 0.243 e. The highest BCUT2D eigenvalue weighted by Gasteiger charge is 2.45. The number of hydrogen-bond donors (Lipinski definition) is 1. The molecule has 0 radical (unpaired) electrons. The summed E-state index contributed by atoms with van der Waals surface area (Å²) in [5.74, 6) is -0.0643. The highest BCUT2D eigenvalue weighted by molar-refractivity contribution is 7.89. The molecule has 0 unspecified atom stereocenters. The Kier molecular flexibility index (Phi) is 6.45. The molecular formula is C23H35N3O4S. The number of sulfonamides is 1. The molecule has 3 heterocycles. The molecule has 4 rings (SSSR count). The van der Waals surface area contributed by atoms with Gasteiger partial charge in [-0.25, -0.2) is 8.42 Å². The quantitative estimate of drug-likeness (QED) is 0.747. The van der Waals surface area contributed by atoms with Crippen molar-refractivity contribution in [3.63, 3.8) is 0 Å². The predicted octanol–water partition coefficient (Wildman–Crippen LogP) is 3.08. The second kappa shape index (κ2) is 8.81. The average molecular weight is 450 g/mol. The molecular weight excluding hydrogens is 414 g/mol. The van der Waals surface area contributed by atoms with E-state index in [1.54, 1.807) is 28.6 Å². The van der Waals surface area contributed by atoms with E-state index in [9.17, 15) is 13.2 Å². The maximum atomic E-state index is 12.8. The van der Waals surface area contributed by atoms with Gasteiger partial charge in [0.15, 0.2) is 0 Å². The SMILES string of the molecule is CC1(C)CC2(CCN(CC(=O)Nc3ccc(S(=O)(=O)N4CCCCC4)cc3)CC2)CO1. The van der Waals surface area contributed by atoms with Gasteiger partial charge in [0.05, 0.1) is 23.6 Å². The molecule has 172 valence electrons. The summed E-state index contributed by atoms with van der Waals surface area (Å²) >= 11 is 0. The lowest BCUT2D eigenvalue weighted by Gasteiger charge is -2.38. The first-order valence-corrected chi connectivity index (χ1v) is 12.9. The lowest BCUT2D eigenvalue weighted by atomic mass is 9.74. The van der Waals surface area contributed by atoms with Crippen molar-refractivity contribution in [3.8, 4) is 0 Å². The van der Waals surface area contributed by atoms with Crippen LogP contribution < -0.4 is 5.32 Å². The van der Waals surface area contributed by atoms with Gasteiger partial charge in [0.25, 0.3) is 0 Å². The standard InChI is InChI=1S/C23H35N3O4S/c1-22(2)17-23(18-30-22)10-14-25(15-11-23)16-21(27)24-19-6-8-20(9-7-19)31(28,29)26-12-4-3-5-13-26/h6-9H,3-5,10-18H2,1-2H3,(H,24,27). The Hall–Kier alpha value is -1.48. The van der Waals surface area contributed by atoms with Gasteiger partial charge in [0.2, 0.25) is 15.9 Å². The van der Waals surface area contributed by atoms with Crippen LogP contribution in [-0.4, -0.2) is 68.5 Å². The van der Waals surface area contributed by atoms with Crippen LogP contribution in [0, 0.1) is 5.41 Å². The number of benzene rings is 1. The van der Waals surface area contributed by atoms with Crippen molar-refractivity contribution in [2.75, 3.05) is 44.6 Å². The van der Waals surface area contributed by atoms with Gasteiger partial charge in [-0.05, 0) is 88.7 Å². The van der Waals surface area contributed by atoms with E-state index >= 15 is 0 Å². The molecule has 1 amide bonds. The average Bonchev–Trinajstić information content (AvgIpc) is 3.05. The van der Waals surface area contributed by atoms with Crippen molar-refractivity contribution < 1.29 is 17.9 Å². The molecule has 0 aliphatic carbocycles. The van der Waals surface area contributed by atoms with E-state index in [4.69, 9.17) is 4.74 Å². The third kappa shape index (κ3) is 5.30. The lowest BCUT2D eigenvalue weighted by Crippen LogP contribution is -2.44. The van der Waals surface area contributed by atoms with E-state index in [1.165, 1.54) is 0 Å². The third-order valence-corrected chi connectivity index (χ3v) is 8.86. The molecule has 0 atom stereocenters. The summed E-state index contributed by atoms with van der Waals surface area (Å²) in [5.41, 5.74) is 0.862. The van der Waals surface area contributed by atoms with Crippen LogP contribution in [0.3, 0.4) is 0 Å². The minimum absolute atomic E-state index is 0.0345. The number of likely N-dealkylation sites (tertiary alicyclic amines) is 1. The maximum absolute atomic E-state index is 12.8. The third-order valence-electron chi connectivity index (χ3n) is 6.94. The topological polar surface area (TPSA) is 79.0 Å². The fraction of sp³-hybridized carbons (Fsp3) is 0.696. The molecule has 1 aromatic carbocycles. The molecule has 1 spiro atoms. The number of anilines is 1. The van der Waals surface area contributed by atoms with Gasteiger partial charge in [0, 0.05) is 18.8 Å². The first-order chi connectivity index (χ1) is 14.7. The van der Waals surface area contributed by atoms with E-state index in [0.717, 1.165) is 58.2 Å². The Morgan fingerprint density at radius 3 is 2.26 bits per heavy atom. The summed E-state index contributed by atoms with van der Waals surface area (Å²) in [6, 6.07) is 6.54. The highest BCUT2D eigenvalue weighted by atomic mass is 32.2. The van der Waals surface area contributed by atoms with E-state index in [0.29, 0.717) is 25.3 Å². The fourth-order valence-corrected chi connectivity index (χ4v) is 6.75. The van der Waals surface area contributed by atoms with Crippen molar-refractivity contribution in [1.82, 2.24) is 9.21 Å². The zero-order valence-corrected chi connectivity index (χ0v) is 19.5. The van der Waals surface area contributed by atoms with Gasteiger partial charge < -0.3 is 10.1 Å². The van der Waals surface area contributed by atoms with Crippen molar-refractivity contribution in [3.05, 3.63) is 24.3 Å². The van der Waals surface area contributed by atoms with Gasteiger partial charge in [-0.15, -0.1) is 0 Å². The maximum Gasteiger partial charge on any atom is 0.243 e. The van der Waals surface area contributed by atoms with Crippen LogP contribution in [0.4, 0.5) is 5.69 Å². The number of hydrogen-bond acceptors (Lipinski definition) is 5. The Bertz CT molecular complexity index is 884. The molecule has 1 N–H and O–H groups in total. The zero-order chi connectivity index (χ0) is 22.1. The normalized spacial score (nSPS) is 24.3. The van der Waals surface area contributed by atoms with Crippen LogP contribution in [0.5, 0.6) is 0 Å². The first kappa shape index (κ1) is 22.7. The second-order valence-electron chi connectivity index (χ2n) is 10.0. The lowest BCUT2D eigenvalue weighted by molar-refractivity contribution is -0.117. The fourth-order valence-electron chi connectivity index (χ4n) is 5.23. The van der Waals surface area contributed by atoms with Crippen LogP contribution in [0.15, 0.2) is 29.2 Å². The number of nitrogens with one attached hydrogen (secondary N) is 1. The van der Waals surface area contributed by atoms with Crippen LogP contribution >= 0.6 is 0 Å². The Labute approximate surface area is 186 Å². The van der Waals surface area contributed by atoms with E-state index < -0.39 is 10.0 Å². The summed E-state index contributed by atoms with van der Waals surface area (Å²) in [6.07, 6.45) is 6.12. The number of carbonyl (C=O) groups excluding carboxylic acids is 1. The summed E-state index contributed by atoms with van der Waals surface area (Å²) < 4.78 is 33.0. The second-order valence-corrected chi connectivity index (χ2v) is 12.0. The monoisotopic (exact) mass is 449 g/mol. The number of amides is 1. The summed E-state index contributed by atoms with van der Waals surface area (Å²) in [5, 5.41) is 2.91. The number of ether oxygens (including phenoxy) is 1.